The molecule has 0 aliphatic rings. The van der Waals surface area contributed by atoms with Crippen molar-refractivity contribution < 1.29 is 4.74 Å². The number of nitrogens with zero attached hydrogens (tertiary/aromatic N) is 2. The molecule has 3 aromatic heterocycles. The molecule has 0 bridgehead atoms. The van der Waals surface area contributed by atoms with E-state index in [2.05, 4.69) is 20.6 Å². The van der Waals surface area contributed by atoms with Gasteiger partial charge in [-0.1, -0.05) is 30.3 Å². The molecule has 0 fully saturated rings. The Morgan fingerprint density at radius 1 is 0.857 bits per heavy atom. The number of hydrogen-bond donors (Lipinski definition) is 2. The van der Waals surface area contributed by atoms with E-state index in [-0.39, 0.29) is 0 Å². The summed E-state index contributed by atoms with van der Waals surface area (Å²) in [6.07, 6.45) is 5.46. The monoisotopic (exact) mass is 384 g/mol. The second kappa shape index (κ2) is 6.83. The number of nitrogen functional groups attached to an aromatic ring is 1. The first-order valence-electron chi connectivity index (χ1n) is 8.78. The van der Waals surface area contributed by atoms with Crippen LogP contribution >= 0.6 is 11.3 Å². The fraction of sp³-hybridized carbons (Fsp3) is 0. The van der Waals surface area contributed by atoms with Crippen molar-refractivity contribution in [3.05, 3.63) is 78.6 Å². The van der Waals surface area contributed by atoms with Gasteiger partial charge in [0.1, 0.15) is 17.3 Å². The van der Waals surface area contributed by atoms with Crippen LogP contribution in [0.1, 0.15) is 0 Å². The van der Waals surface area contributed by atoms with E-state index in [0.717, 1.165) is 43.8 Å². The van der Waals surface area contributed by atoms with Crippen molar-refractivity contribution in [1.82, 2.24) is 15.2 Å². The third-order valence-corrected chi connectivity index (χ3v) is 5.59. The summed E-state index contributed by atoms with van der Waals surface area (Å²) in [6.45, 7) is 0. The number of hydrogen-bond acceptors (Lipinski definition) is 5. The molecule has 0 amide bonds. The van der Waals surface area contributed by atoms with E-state index in [9.17, 15) is 0 Å². The Kier molecular flexibility index (Phi) is 4.03. The summed E-state index contributed by atoms with van der Waals surface area (Å²) in [4.78, 5) is 4.41. The zero-order chi connectivity index (χ0) is 18.9. The SMILES string of the molecule is Nc1ncc(-c2cn[nH]c2)c2scc(-c3ccc(Oc4ccccc4)cc3)c12. The van der Waals surface area contributed by atoms with Crippen LogP contribution in [0.2, 0.25) is 0 Å². The maximum absolute atomic E-state index is 6.24. The Hall–Kier alpha value is -3.64. The lowest BCUT2D eigenvalue weighted by molar-refractivity contribution is 0.483. The fourth-order valence-electron chi connectivity index (χ4n) is 3.21. The standard InChI is InChI=1S/C22H16N4OS/c23-22-20-19(13-28-21(20)18(12-24-22)15-10-25-26-11-15)14-6-8-17(9-7-14)27-16-4-2-1-3-5-16/h1-13H,(H2,23,24)(H,25,26). The molecule has 5 aromatic rings. The van der Waals surface area contributed by atoms with Crippen LogP contribution in [0.15, 0.2) is 78.6 Å². The van der Waals surface area contributed by atoms with Crippen LogP contribution in [-0.4, -0.2) is 15.2 Å². The Labute approximate surface area is 165 Å². The van der Waals surface area contributed by atoms with Crippen LogP contribution < -0.4 is 10.5 Å². The van der Waals surface area contributed by atoms with Crippen LogP contribution in [0.25, 0.3) is 32.3 Å². The molecule has 0 aliphatic heterocycles. The molecule has 0 saturated carbocycles. The van der Waals surface area contributed by atoms with Crippen LogP contribution in [0.4, 0.5) is 5.82 Å². The number of thiophene rings is 1. The summed E-state index contributed by atoms with van der Waals surface area (Å²) in [5.74, 6) is 2.14. The number of anilines is 1. The molecule has 0 spiro atoms. The minimum absolute atomic E-state index is 0.531. The number of ether oxygens (including phenoxy) is 1. The quantitative estimate of drug-likeness (QED) is 0.415. The van der Waals surface area contributed by atoms with E-state index in [1.807, 2.05) is 60.8 Å². The Morgan fingerprint density at radius 2 is 1.64 bits per heavy atom. The summed E-state index contributed by atoms with van der Waals surface area (Å²) in [6, 6.07) is 17.8. The van der Waals surface area contributed by atoms with E-state index < -0.39 is 0 Å². The first-order valence-corrected chi connectivity index (χ1v) is 9.66. The molecule has 0 aliphatic carbocycles. The second-order valence-corrected chi connectivity index (χ2v) is 7.22. The zero-order valence-corrected chi connectivity index (χ0v) is 15.6. The van der Waals surface area contributed by atoms with Crippen molar-refractivity contribution in [2.24, 2.45) is 0 Å². The summed E-state index contributed by atoms with van der Waals surface area (Å²) in [5.41, 5.74) is 10.4. The molecule has 5 rings (SSSR count). The third-order valence-electron chi connectivity index (χ3n) is 4.58. The third kappa shape index (κ3) is 2.90. The van der Waals surface area contributed by atoms with Gasteiger partial charge in [0.15, 0.2) is 0 Å². The van der Waals surface area contributed by atoms with Gasteiger partial charge in [0.05, 0.1) is 6.20 Å². The van der Waals surface area contributed by atoms with E-state index in [1.54, 1.807) is 23.7 Å². The number of rotatable bonds is 4. The molecule has 3 N–H and O–H groups in total. The molecule has 6 heteroatoms. The first kappa shape index (κ1) is 16.5. The molecular formula is C22H16N4OS. The summed E-state index contributed by atoms with van der Waals surface area (Å²) >= 11 is 1.66. The Bertz CT molecular complexity index is 1230. The lowest BCUT2D eigenvalue weighted by Crippen LogP contribution is -1.92. The van der Waals surface area contributed by atoms with Crippen LogP contribution in [-0.2, 0) is 0 Å². The average molecular weight is 384 g/mol. The molecule has 0 radical (unpaired) electrons. The second-order valence-electron chi connectivity index (χ2n) is 6.34. The molecular weight excluding hydrogens is 368 g/mol. The number of pyridine rings is 1. The van der Waals surface area contributed by atoms with Crippen LogP contribution in [0.5, 0.6) is 11.5 Å². The van der Waals surface area contributed by atoms with Crippen LogP contribution in [0.3, 0.4) is 0 Å². The van der Waals surface area contributed by atoms with Gasteiger partial charge in [-0.15, -0.1) is 11.3 Å². The van der Waals surface area contributed by atoms with Gasteiger partial charge in [0.2, 0.25) is 0 Å². The number of nitrogens with two attached hydrogens (primary N) is 1. The highest BCUT2D eigenvalue weighted by molar-refractivity contribution is 7.18. The zero-order valence-electron chi connectivity index (χ0n) is 14.8. The number of fused-ring (bicyclic) bond motifs is 1. The Balaban J connectivity index is 1.54. The van der Waals surface area contributed by atoms with Gasteiger partial charge < -0.3 is 10.5 Å². The van der Waals surface area contributed by atoms with Gasteiger partial charge in [-0.25, -0.2) is 4.98 Å². The molecule has 0 unspecified atom stereocenters. The minimum atomic E-state index is 0.531. The van der Waals surface area contributed by atoms with Crippen molar-refractivity contribution in [2.75, 3.05) is 5.73 Å². The van der Waals surface area contributed by atoms with Crippen molar-refractivity contribution in [3.63, 3.8) is 0 Å². The maximum Gasteiger partial charge on any atom is 0.132 e. The predicted molar refractivity (Wildman–Crippen MR) is 114 cm³/mol. The van der Waals surface area contributed by atoms with Crippen LogP contribution in [0, 0.1) is 0 Å². The van der Waals surface area contributed by atoms with E-state index in [1.165, 1.54) is 0 Å². The number of para-hydroxylation sites is 1. The molecule has 3 heterocycles. The van der Waals surface area contributed by atoms with Gasteiger partial charge in [0, 0.05) is 39.2 Å². The number of aromatic amines is 1. The van der Waals surface area contributed by atoms with Crippen molar-refractivity contribution in [2.45, 2.75) is 0 Å². The smallest absolute Gasteiger partial charge is 0.132 e. The molecule has 0 atom stereocenters. The van der Waals surface area contributed by atoms with Crippen molar-refractivity contribution in [3.8, 4) is 33.8 Å². The summed E-state index contributed by atoms with van der Waals surface area (Å²) < 4.78 is 6.99. The van der Waals surface area contributed by atoms with Gasteiger partial charge in [-0.05, 0) is 35.2 Å². The molecule has 28 heavy (non-hydrogen) atoms. The highest BCUT2D eigenvalue weighted by atomic mass is 32.1. The predicted octanol–water partition coefficient (Wildman–Crippen LogP) is 5.73. The first-order chi connectivity index (χ1) is 13.8. The largest absolute Gasteiger partial charge is 0.457 e. The summed E-state index contributed by atoms with van der Waals surface area (Å²) in [5, 5.41) is 9.99. The lowest BCUT2D eigenvalue weighted by Gasteiger charge is -2.08. The molecule has 0 saturated heterocycles. The fourth-order valence-corrected chi connectivity index (χ4v) is 4.33. The number of H-pyrrole nitrogens is 1. The lowest BCUT2D eigenvalue weighted by atomic mass is 10.0. The van der Waals surface area contributed by atoms with Gasteiger partial charge >= 0.3 is 0 Å². The van der Waals surface area contributed by atoms with E-state index >= 15 is 0 Å². The molecule has 5 nitrogen and oxygen atoms in total. The summed E-state index contributed by atoms with van der Waals surface area (Å²) in [7, 11) is 0. The maximum atomic E-state index is 6.24. The highest BCUT2D eigenvalue weighted by Gasteiger charge is 2.15. The van der Waals surface area contributed by atoms with Gasteiger partial charge in [-0.3, -0.25) is 5.10 Å². The van der Waals surface area contributed by atoms with Crippen molar-refractivity contribution in [1.29, 1.82) is 0 Å². The molecule has 136 valence electrons. The van der Waals surface area contributed by atoms with E-state index in [0.29, 0.717) is 5.82 Å². The highest BCUT2D eigenvalue weighted by Crippen LogP contribution is 2.41. The van der Waals surface area contributed by atoms with E-state index in [4.69, 9.17) is 10.5 Å². The Morgan fingerprint density at radius 3 is 2.39 bits per heavy atom. The van der Waals surface area contributed by atoms with Gasteiger partial charge in [0.25, 0.3) is 0 Å². The average Bonchev–Trinajstić information content (AvgIpc) is 3.41. The minimum Gasteiger partial charge on any atom is -0.457 e. The van der Waals surface area contributed by atoms with Gasteiger partial charge in [-0.2, -0.15) is 5.10 Å². The number of nitrogens with one attached hydrogen (secondary N) is 1. The normalized spacial score (nSPS) is 11.0. The number of aromatic nitrogens is 3. The van der Waals surface area contributed by atoms with Crippen molar-refractivity contribution >= 4 is 27.2 Å². The topological polar surface area (TPSA) is 76.8 Å². The number of benzene rings is 2. The molecule has 2 aromatic carbocycles.